The molecule has 1 aliphatic heterocycles. The molecule has 9 heteroatoms. The number of halogens is 1. The van der Waals surface area contributed by atoms with Gasteiger partial charge < -0.3 is 19.7 Å². The van der Waals surface area contributed by atoms with Gasteiger partial charge in [-0.25, -0.2) is 0 Å². The summed E-state index contributed by atoms with van der Waals surface area (Å²) in [5.74, 6) is 2.44. The number of rotatable bonds is 4. The minimum absolute atomic E-state index is 0.0775. The van der Waals surface area contributed by atoms with Gasteiger partial charge in [0.15, 0.2) is 11.8 Å². The first kappa shape index (κ1) is 19.2. The smallest absolute Gasteiger partial charge is 0.242 e. The van der Waals surface area contributed by atoms with Crippen molar-refractivity contribution in [2.45, 2.75) is 20.0 Å². The Morgan fingerprint density at radius 3 is 2.59 bits per heavy atom. The molecule has 27 heavy (non-hydrogen) atoms. The van der Waals surface area contributed by atoms with Crippen molar-refractivity contribution in [1.29, 1.82) is 0 Å². The highest BCUT2D eigenvalue weighted by atomic mass is 35.5. The maximum absolute atomic E-state index is 12.6. The minimum atomic E-state index is 0.0775. The van der Waals surface area contributed by atoms with Crippen molar-refractivity contribution in [3.8, 4) is 0 Å². The number of aryl methyl sites for hydroxylation is 1. The molecule has 1 aliphatic rings. The molecule has 1 aromatic heterocycles. The van der Waals surface area contributed by atoms with Crippen molar-refractivity contribution in [2.75, 3.05) is 26.7 Å². The summed E-state index contributed by atoms with van der Waals surface area (Å²) in [4.78, 5) is 20.7. The van der Waals surface area contributed by atoms with Crippen LogP contribution in [0.4, 0.5) is 0 Å². The van der Waals surface area contributed by atoms with Gasteiger partial charge in [-0.3, -0.25) is 9.79 Å². The second-order valence-electron chi connectivity index (χ2n) is 6.49. The van der Waals surface area contributed by atoms with Crippen molar-refractivity contribution in [3.05, 3.63) is 46.5 Å². The molecule has 1 saturated heterocycles. The number of benzene rings is 1. The minimum Gasteiger partial charge on any atom is -0.349 e. The highest BCUT2D eigenvalue weighted by Gasteiger charge is 2.26. The van der Waals surface area contributed by atoms with E-state index in [9.17, 15) is 4.79 Å². The summed E-state index contributed by atoms with van der Waals surface area (Å²) in [7, 11) is 3.64. The zero-order valence-electron chi connectivity index (χ0n) is 15.8. The van der Waals surface area contributed by atoms with Gasteiger partial charge in [-0.1, -0.05) is 23.7 Å². The van der Waals surface area contributed by atoms with Crippen molar-refractivity contribution in [2.24, 2.45) is 12.0 Å². The molecule has 0 bridgehead atoms. The number of hydrogen-bond acceptors (Lipinski definition) is 4. The third-order valence-corrected chi connectivity index (χ3v) is 4.96. The Kier molecular flexibility index (Phi) is 5.95. The van der Waals surface area contributed by atoms with E-state index in [0.717, 1.165) is 23.8 Å². The topological polar surface area (TPSA) is 78.7 Å². The lowest BCUT2D eigenvalue weighted by Gasteiger charge is -2.36. The third-order valence-electron chi connectivity index (χ3n) is 4.70. The molecule has 2 aromatic rings. The van der Waals surface area contributed by atoms with Crippen LogP contribution < -0.4 is 5.32 Å². The van der Waals surface area contributed by atoms with E-state index in [-0.39, 0.29) is 5.91 Å². The molecule has 3 rings (SSSR count). The Balaban J connectivity index is 1.56. The van der Waals surface area contributed by atoms with E-state index < -0.39 is 0 Å². The molecule has 1 N–H and O–H groups in total. The van der Waals surface area contributed by atoms with Gasteiger partial charge in [0.25, 0.3) is 0 Å². The quantitative estimate of drug-likeness (QED) is 0.628. The van der Waals surface area contributed by atoms with Crippen LogP contribution in [0.2, 0.25) is 5.02 Å². The summed E-state index contributed by atoms with van der Waals surface area (Å²) in [6.07, 6.45) is 0. The molecular formula is C18H24ClN7O. The van der Waals surface area contributed by atoms with Crippen LogP contribution >= 0.6 is 11.6 Å². The standard InChI is InChI=1S/C18H24ClN7O/c1-13-22-23-16(24(13)3)10-21-18(20-2)26-9-8-25(17(27)12-26)11-14-4-6-15(19)7-5-14/h4-7H,8-12H2,1-3H3,(H,20,21). The second kappa shape index (κ2) is 8.39. The average molecular weight is 390 g/mol. The van der Waals surface area contributed by atoms with Gasteiger partial charge in [0.05, 0.1) is 13.1 Å². The van der Waals surface area contributed by atoms with E-state index in [1.54, 1.807) is 7.05 Å². The molecule has 0 unspecified atom stereocenters. The van der Waals surface area contributed by atoms with Crippen molar-refractivity contribution in [1.82, 2.24) is 29.9 Å². The monoisotopic (exact) mass is 389 g/mol. The molecule has 0 radical (unpaired) electrons. The van der Waals surface area contributed by atoms with E-state index >= 15 is 0 Å². The lowest BCUT2D eigenvalue weighted by Crippen LogP contribution is -2.54. The van der Waals surface area contributed by atoms with Gasteiger partial charge in [0.2, 0.25) is 5.91 Å². The number of aromatic nitrogens is 3. The predicted molar refractivity (Wildman–Crippen MR) is 104 cm³/mol. The highest BCUT2D eigenvalue weighted by Crippen LogP contribution is 2.13. The Hall–Kier alpha value is -2.61. The third kappa shape index (κ3) is 4.57. The zero-order chi connectivity index (χ0) is 19.4. The number of carbonyl (C=O) groups is 1. The molecule has 8 nitrogen and oxygen atoms in total. The molecule has 0 aliphatic carbocycles. The number of amides is 1. The van der Waals surface area contributed by atoms with Crippen molar-refractivity contribution < 1.29 is 4.79 Å². The molecule has 1 aromatic carbocycles. The molecular weight excluding hydrogens is 366 g/mol. The summed E-state index contributed by atoms with van der Waals surface area (Å²) in [6, 6.07) is 7.59. The predicted octanol–water partition coefficient (Wildman–Crippen LogP) is 1.20. The lowest BCUT2D eigenvalue weighted by molar-refractivity contribution is -0.135. The summed E-state index contributed by atoms with van der Waals surface area (Å²) in [5, 5.41) is 12.2. The molecule has 0 saturated carbocycles. The van der Waals surface area contributed by atoms with Crippen LogP contribution in [0.3, 0.4) is 0 Å². The van der Waals surface area contributed by atoms with Crippen LogP contribution in [0, 0.1) is 6.92 Å². The van der Waals surface area contributed by atoms with Crippen LogP contribution in [-0.4, -0.2) is 63.1 Å². The van der Waals surface area contributed by atoms with Crippen LogP contribution in [0.25, 0.3) is 0 Å². The first-order valence-electron chi connectivity index (χ1n) is 8.80. The number of nitrogens with zero attached hydrogens (tertiary/aromatic N) is 6. The van der Waals surface area contributed by atoms with Crippen molar-refractivity contribution in [3.63, 3.8) is 0 Å². The fourth-order valence-electron chi connectivity index (χ4n) is 2.96. The first-order chi connectivity index (χ1) is 13.0. The lowest BCUT2D eigenvalue weighted by atomic mass is 10.2. The number of carbonyl (C=O) groups excluding carboxylic acids is 1. The van der Waals surface area contributed by atoms with Crippen molar-refractivity contribution >= 4 is 23.5 Å². The van der Waals surface area contributed by atoms with Gasteiger partial charge in [0.1, 0.15) is 5.82 Å². The van der Waals surface area contributed by atoms with Gasteiger partial charge in [-0.2, -0.15) is 0 Å². The number of hydrogen-bond donors (Lipinski definition) is 1. The van der Waals surface area contributed by atoms with Crippen LogP contribution in [0.1, 0.15) is 17.2 Å². The van der Waals surface area contributed by atoms with E-state index in [1.807, 2.05) is 52.6 Å². The fourth-order valence-corrected chi connectivity index (χ4v) is 3.09. The van der Waals surface area contributed by atoms with E-state index in [0.29, 0.717) is 37.2 Å². The Bertz CT molecular complexity index is 831. The van der Waals surface area contributed by atoms with Crippen LogP contribution in [-0.2, 0) is 24.9 Å². The molecule has 1 amide bonds. The normalized spacial score (nSPS) is 15.4. The van der Waals surface area contributed by atoms with Crippen LogP contribution in [0.5, 0.6) is 0 Å². The molecule has 2 heterocycles. The first-order valence-corrected chi connectivity index (χ1v) is 9.18. The molecule has 1 fully saturated rings. The number of aliphatic imine (C=N–C) groups is 1. The molecule has 0 atom stereocenters. The SMILES string of the molecule is CN=C(NCc1nnc(C)n1C)N1CCN(Cc2ccc(Cl)cc2)C(=O)C1. The number of guanidine groups is 1. The number of nitrogens with one attached hydrogen (secondary N) is 1. The Morgan fingerprint density at radius 2 is 2.00 bits per heavy atom. The summed E-state index contributed by atoms with van der Waals surface area (Å²) >= 11 is 5.92. The maximum atomic E-state index is 12.6. The van der Waals surface area contributed by atoms with E-state index in [4.69, 9.17) is 11.6 Å². The summed E-state index contributed by atoms with van der Waals surface area (Å²) in [5.41, 5.74) is 1.07. The largest absolute Gasteiger partial charge is 0.349 e. The average Bonchev–Trinajstić information content (AvgIpc) is 2.98. The second-order valence-corrected chi connectivity index (χ2v) is 6.92. The summed E-state index contributed by atoms with van der Waals surface area (Å²) < 4.78 is 1.93. The summed E-state index contributed by atoms with van der Waals surface area (Å²) in [6.45, 7) is 4.66. The van der Waals surface area contributed by atoms with Gasteiger partial charge >= 0.3 is 0 Å². The zero-order valence-corrected chi connectivity index (χ0v) is 16.6. The van der Waals surface area contributed by atoms with Gasteiger partial charge in [-0.15, -0.1) is 10.2 Å². The van der Waals surface area contributed by atoms with Gasteiger partial charge in [0, 0.05) is 38.8 Å². The van der Waals surface area contributed by atoms with E-state index in [2.05, 4.69) is 20.5 Å². The Morgan fingerprint density at radius 1 is 1.26 bits per heavy atom. The molecule has 144 valence electrons. The van der Waals surface area contributed by atoms with E-state index in [1.165, 1.54) is 0 Å². The highest BCUT2D eigenvalue weighted by molar-refractivity contribution is 6.30. The van der Waals surface area contributed by atoms with Gasteiger partial charge in [-0.05, 0) is 24.6 Å². The van der Waals surface area contributed by atoms with Crippen LogP contribution in [0.15, 0.2) is 29.3 Å². The number of piperazine rings is 1. The fraction of sp³-hybridized carbons (Fsp3) is 0.444. The molecule has 0 spiro atoms. The Labute approximate surface area is 163 Å². The maximum Gasteiger partial charge on any atom is 0.242 e.